The van der Waals surface area contributed by atoms with E-state index in [-0.39, 0.29) is 6.04 Å². The zero-order valence-electron chi connectivity index (χ0n) is 10.6. The summed E-state index contributed by atoms with van der Waals surface area (Å²) in [5.74, 6) is 0. The molecule has 1 rings (SSSR count). The lowest BCUT2D eigenvalue weighted by Gasteiger charge is -2.26. The molecule has 0 bridgehead atoms. The Kier molecular flexibility index (Phi) is 4.77. The molecule has 0 saturated carbocycles. The molecular weight excluding hydrogens is 200 g/mol. The number of benzene rings is 1. The fraction of sp³-hybridized carbons (Fsp3) is 0.538. The zero-order valence-corrected chi connectivity index (χ0v) is 10.6. The van der Waals surface area contributed by atoms with Crippen molar-refractivity contribution in [3.63, 3.8) is 0 Å². The summed E-state index contributed by atoms with van der Waals surface area (Å²) in [6, 6.07) is 8.82. The van der Waals surface area contributed by atoms with Gasteiger partial charge in [0.05, 0.1) is 6.61 Å². The standard InChI is InChI=1S/C13H22N2O/c1-10(9-16-4)15(3)13-7-5-12(6-8-13)11(2)14/h5-8,10-11H,9,14H2,1-4H3. The van der Waals surface area contributed by atoms with E-state index >= 15 is 0 Å². The number of rotatable bonds is 5. The summed E-state index contributed by atoms with van der Waals surface area (Å²) in [7, 11) is 3.80. The number of anilines is 1. The smallest absolute Gasteiger partial charge is 0.0663 e. The second kappa shape index (κ2) is 5.87. The summed E-state index contributed by atoms with van der Waals surface area (Å²) in [5.41, 5.74) is 8.17. The lowest BCUT2D eigenvalue weighted by molar-refractivity contribution is 0.183. The average Bonchev–Trinajstić information content (AvgIpc) is 2.28. The zero-order chi connectivity index (χ0) is 12.1. The van der Waals surface area contributed by atoms with E-state index in [2.05, 4.69) is 43.1 Å². The minimum absolute atomic E-state index is 0.0933. The summed E-state index contributed by atoms with van der Waals surface area (Å²) in [6.45, 7) is 4.86. The van der Waals surface area contributed by atoms with E-state index in [9.17, 15) is 0 Å². The SMILES string of the molecule is COCC(C)N(C)c1ccc(C(C)N)cc1. The van der Waals surface area contributed by atoms with Crippen molar-refractivity contribution < 1.29 is 4.74 Å². The van der Waals surface area contributed by atoms with Gasteiger partial charge in [0.25, 0.3) is 0 Å². The molecule has 1 aromatic rings. The molecule has 0 saturated heterocycles. The maximum absolute atomic E-state index is 5.81. The monoisotopic (exact) mass is 222 g/mol. The van der Waals surface area contributed by atoms with Crippen molar-refractivity contribution in [1.82, 2.24) is 0 Å². The van der Waals surface area contributed by atoms with Gasteiger partial charge in [-0.05, 0) is 31.5 Å². The largest absolute Gasteiger partial charge is 0.383 e. The van der Waals surface area contributed by atoms with Gasteiger partial charge in [0.1, 0.15) is 0 Å². The highest BCUT2D eigenvalue weighted by molar-refractivity contribution is 5.48. The molecular formula is C13H22N2O. The van der Waals surface area contributed by atoms with Crippen molar-refractivity contribution in [3.8, 4) is 0 Å². The molecule has 0 aliphatic carbocycles. The van der Waals surface area contributed by atoms with E-state index in [0.717, 1.165) is 12.2 Å². The fourth-order valence-electron chi connectivity index (χ4n) is 1.62. The Morgan fingerprint density at radius 3 is 2.25 bits per heavy atom. The number of methoxy groups -OCH3 is 1. The highest BCUT2D eigenvalue weighted by atomic mass is 16.5. The molecule has 2 N–H and O–H groups in total. The van der Waals surface area contributed by atoms with E-state index in [0.29, 0.717) is 6.04 Å². The Labute approximate surface area is 98.2 Å². The van der Waals surface area contributed by atoms with E-state index < -0.39 is 0 Å². The van der Waals surface area contributed by atoms with Gasteiger partial charge in [-0.2, -0.15) is 0 Å². The van der Waals surface area contributed by atoms with Crippen LogP contribution < -0.4 is 10.6 Å². The first kappa shape index (κ1) is 13.0. The number of nitrogens with zero attached hydrogens (tertiary/aromatic N) is 1. The van der Waals surface area contributed by atoms with Crippen LogP contribution >= 0.6 is 0 Å². The second-order valence-electron chi connectivity index (χ2n) is 4.30. The molecule has 0 aromatic heterocycles. The molecule has 0 heterocycles. The van der Waals surface area contributed by atoms with Gasteiger partial charge in [-0.3, -0.25) is 0 Å². The van der Waals surface area contributed by atoms with Crippen LogP contribution in [0.1, 0.15) is 25.5 Å². The summed E-state index contributed by atoms with van der Waals surface area (Å²) in [4.78, 5) is 2.20. The quantitative estimate of drug-likeness (QED) is 0.830. The summed E-state index contributed by atoms with van der Waals surface area (Å²) in [5, 5.41) is 0. The second-order valence-corrected chi connectivity index (χ2v) is 4.30. The van der Waals surface area contributed by atoms with Crippen molar-refractivity contribution in [1.29, 1.82) is 0 Å². The van der Waals surface area contributed by atoms with Crippen molar-refractivity contribution in [2.24, 2.45) is 5.73 Å². The van der Waals surface area contributed by atoms with E-state index in [1.807, 2.05) is 6.92 Å². The summed E-state index contributed by atoms with van der Waals surface area (Å²) < 4.78 is 5.15. The molecule has 0 aliphatic heterocycles. The molecule has 1 aromatic carbocycles. The maximum atomic E-state index is 5.81. The first-order valence-electron chi connectivity index (χ1n) is 5.63. The first-order valence-corrected chi connectivity index (χ1v) is 5.63. The number of likely N-dealkylation sites (N-methyl/N-ethyl adjacent to an activating group) is 1. The minimum atomic E-state index is 0.0933. The van der Waals surface area contributed by atoms with E-state index in [1.165, 1.54) is 5.69 Å². The van der Waals surface area contributed by atoms with E-state index in [4.69, 9.17) is 10.5 Å². The van der Waals surface area contributed by atoms with E-state index in [1.54, 1.807) is 7.11 Å². The van der Waals surface area contributed by atoms with Crippen molar-refractivity contribution in [2.75, 3.05) is 25.7 Å². The first-order chi connectivity index (χ1) is 7.56. The topological polar surface area (TPSA) is 38.5 Å². The van der Waals surface area contributed by atoms with Gasteiger partial charge < -0.3 is 15.4 Å². The molecule has 0 radical (unpaired) electrons. The third-order valence-electron chi connectivity index (χ3n) is 2.90. The lowest BCUT2D eigenvalue weighted by atomic mass is 10.1. The van der Waals surface area contributed by atoms with Gasteiger partial charge in [0.15, 0.2) is 0 Å². The molecule has 3 nitrogen and oxygen atoms in total. The number of hydrogen-bond donors (Lipinski definition) is 1. The van der Waals surface area contributed by atoms with Gasteiger partial charge in [-0.1, -0.05) is 12.1 Å². The predicted molar refractivity (Wildman–Crippen MR) is 68.8 cm³/mol. The lowest BCUT2D eigenvalue weighted by Crippen LogP contribution is -2.32. The molecule has 0 aliphatic rings. The third-order valence-corrected chi connectivity index (χ3v) is 2.90. The van der Waals surface area contributed by atoms with Crippen LogP contribution in [0.3, 0.4) is 0 Å². The van der Waals surface area contributed by atoms with Gasteiger partial charge in [-0.25, -0.2) is 0 Å². The van der Waals surface area contributed by atoms with Crippen LogP contribution in [0, 0.1) is 0 Å². The Bertz CT molecular complexity index is 308. The van der Waals surface area contributed by atoms with Crippen LogP contribution in [-0.2, 0) is 4.74 Å². The summed E-state index contributed by atoms with van der Waals surface area (Å²) >= 11 is 0. The van der Waals surface area contributed by atoms with Gasteiger partial charge in [-0.15, -0.1) is 0 Å². The Hall–Kier alpha value is -1.06. The van der Waals surface area contributed by atoms with Crippen LogP contribution in [0.2, 0.25) is 0 Å². The third kappa shape index (κ3) is 3.22. The van der Waals surface area contributed by atoms with Crippen LogP contribution in [0.15, 0.2) is 24.3 Å². The van der Waals surface area contributed by atoms with Crippen LogP contribution in [-0.4, -0.2) is 26.8 Å². The minimum Gasteiger partial charge on any atom is -0.383 e. The molecule has 0 fully saturated rings. The molecule has 16 heavy (non-hydrogen) atoms. The highest BCUT2D eigenvalue weighted by Gasteiger charge is 2.09. The Morgan fingerprint density at radius 2 is 1.81 bits per heavy atom. The number of ether oxygens (including phenoxy) is 1. The maximum Gasteiger partial charge on any atom is 0.0663 e. The molecule has 2 atom stereocenters. The fourth-order valence-corrected chi connectivity index (χ4v) is 1.62. The Balaban J connectivity index is 2.73. The van der Waals surface area contributed by atoms with Crippen LogP contribution in [0.5, 0.6) is 0 Å². The number of nitrogens with two attached hydrogens (primary N) is 1. The van der Waals surface area contributed by atoms with Crippen LogP contribution in [0.4, 0.5) is 5.69 Å². The van der Waals surface area contributed by atoms with Crippen LogP contribution in [0.25, 0.3) is 0 Å². The van der Waals surface area contributed by atoms with Crippen molar-refractivity contribution >= 4 is 5.69 Å². The van der Waals surface area contributed by atoms with Crippen molar-refractivity contribution in [3.05, 3.63) is 29.8 Å². The highest BCUT2D eigenvalue weighted by Crippen LogP contribution is 2.18. The normalized spacial score (nSPS) is 14.6. The molecule has 90 valence electrons. The summed E-state index contributed by atoms with van der Waals surface area (Å²) in [6.07, 6.45) is 0. The molecule has 3 heteroatoms. The Morgan fingerprint density at radius 1 is 1.25 bits per heavy atom. The molecule has 0 spiro atoms. The van der Waals surface area contributed by atoms with Gasteiger partial charge in [0, 0.05) is 31.9 Å². The molecule has 0 amide bonds. The number of hydrogen-bond acceptors (Lipinski definition) is 3. The predicted octanol–water partition coefficient (Wildman–Crippen LogP) is 2.18. The van der Waals surface area contributed by atoms with Gasteiger partial charge in [0.2, 0.25) is 0 Å². The van der Waals surface area contributed by atoms with Gasteiger partial charge >= 0.3 is 0 Å². The average molecular weight is 222 g/mol. The van der Waals surface area contributed by atoms with Crippen molar-refractivity contribution in [2.45, 2.75) is 25.9 Å². The molecule has 2 unspecified atom stereocenters.